The highest BCUT2D eigenvalue weighted by atomic mass is 16.5. The molecule has 1 fully saturated rings. The third-order valence-corrected chi connectivity index (χ3v) is 3.66. The maximum atomic E-state index is 5.70. The Balaban J connectivity index is 1.64. The second-order valence-corrected chi connectivity index (χ2v) is 5.63. The molecule has 0 aromatic carbocycles. The summed E-state index contributed by atoms with van der Waals surface area (Å²) in [6, 6.07) is 1.98. The summed E-state index contributed by atoms with van der Waals surface area (Å²) in [5, 5.41) is 9.93. The van der Waals surface area contributed by atoms with E-state index in [1.807, 2.05) is 26.1 Å². The van der Waals surface area contributed by atoms with Crippen molar-refractivity contribution in [2.75, 3.05) is 36.9 Å². The molecule has 23 heavy (non-hydrogen) atoms. The van der Waals surface area contributed by atoms with Gasteiger partial charge in [-0.1, -0.05) is 0 Å². The van der Waals surface area contributed by atoms with Crippen LogP contribution in [0.1, 0.15) is 11.3 Å². The molecule has 3 rings (SSSR count). The van der Waals surface area contributed by atoms with Gasteiger partial charge in [0.15, 0.2) is 0 Å². The number of hydrogen-bond donors (Lipinski definition) is 3. The van der Waals surface area contributed by atoms with Crippen molar-refractivity contribution >= 4 is 17.3 Å². The number of nitrogens with zero attached hydrogens (tertiary/aromatic N) is 3. The van der Waals surface area contributed by atoms with Crippen LogP contribution in [0.5, 0.6) is 0 Å². The van der Waals surface area contributed by atoms with Crippen LogP contribution in [0.2, 0.25) is 0 Å². The number of aromatic nitrogens is 3. The molecule has 3 N–H and O–H groups in total. The van der Waals surface area contributed by atoms with E-state index in [4.69, 9.17) is 4.74 Å². The normalized spacial score (nSPS) is 17.7. The van der Waals surface area contributed by atoms with E-state index in [-0.39, 0.29) is 6.10 Å². The molecular formula is C16H22N6O. The molecule has 3 heterocycles. The second-order valence-electron chi connectivity index (χ2n) is 5.63. The highest BCUT2D eigenvalue weighted by molar-refractivity contribution is 5.60. The molecule has 2 aromatic rings. The van der Waals surface area contributed by atoms with Gasteiger partial charge >= 0.3 is 0 Å². The summed E-state index contributed by atoms with van der Waals surface area (Å²) in [4.78, 5) is 12.9. The minimum absolute atomic E-state index is 0.190. The molecule has 1 unspecified atom stereocenters. The molecule has 0 saturated carbocycles. The van der Waals surface area contributed by atoms with Gasteiger partial charge in [0.25, 0.3) is 0 Å². The van der Waals surface area contributed by atoms with Crippen molar-refractivity contribution in [1.29, 1.82) is 0 Å². The average Bonchev–Trinajstić information content (AvgIpc) is 2.58. The molecule has 0 bridgehead atoms. The fourth-order valence-corrected chi connectivity index (χ4v) is 2.35. The maximum Gasteiger partial charge on any atom is 0.150 e. The van der Waals surface area contributed by atoms with Crippen molar-refractivity contribution in [3.05, 3.63) is 35.9 Å². The van der Waals surface area contributed by atoms with E-state index in [1.165, 1.54) is 0 Å². The standard InChI is InChI=1S/C16H22N6O/c1-11-6-20-15(22-16-10-18-12(2)7-21-16)5-14(11)19-9-13-8-17-3-4-23-13/h5-7,10,13,17H,3-4,8-9H2,1-2H3,(H2,19,20,21,22). The Morgan fingerprint density at radius 2 is 2.04 bits per heavy atom. The van der Waals surface area contributed by atoms with E-state index in [9.17, 15) is 0 Å². The molecule has 0 aliphatic carbocycles. The lowest BCUT2D eigenvalue weighted by Gasteiger charge is -2.24. The van der Waals surface area contributed by atoms with Crippen molar-refractivity contribution < 1.29 is 4.74 Å². The smallest absolute Gasteiger partial charge is 0.150 e. The Hall–Kier alpha value is -2.25. The minimum Gasteiger partial charge on any atom is -0.382 e. The summed E-state index contributed by atoms with van der Waals surface area (Å²) in [6.07, 6.45) is 5.46. The number of rotatable bonds is 5. The predicted molar refractivity (Wildman–Crippen MR) is 90.1 cm³/mol. The van der Waals surface area contributed by atoms with Gasteiger partial charge in [0, 0.05) is 37.6 Å². The number of morpholine rings is 1. The molecule has 1 atom stereocenters. The fraction of sp³-hybridized carbons (Fsp3) is 0.438. The molecule has 1 aliphatic heterocycles. The lowest BCUT2D eigenvalue weighted by molar-refractivity contribution is 0.0372. The first-order chi connectivity index (χ1) is 11.2. The summed E-state index contributed by atoms with van der Waals surface area (Å²) < 4.78 is 5.70. The Morgan fingerprint density at radius 3 is 2.78 bits per heavy atom. The first-order valence-corrected chi connectivity index (χ1v) is 7.79. The van der Waals surface area contributed by atoms with E-state index < -0.39 is 0 Å². The predicted octanol–water partition coefficient (Wildman–Crippen LogP) is 1.63. The first kappa shape index (κ1) is 15.6. The van der Waals surface area contributed by atoms with Gasteiger partial charge in [0.2, 0.25) is 0 Å². The third-order valence-electron chi connectivity index (χ3n) is 3.66. The van der Waals surface area contributed by atoms with E-state index in [0.717, 1.165) is 49.0 Å². The van der Waals surface area contributed by atoms with Crippen LogP contribution in [0.25, 0.3) is 0 Å². The number of ether oxygens (including phenoxy) is 1. The van der Waals surface area contributed by atoms with Gasteiger partial charge in [-0.25, -0.2) is 9.97 Å². The lowest BCUT2D eigenvalue weighted by Crippen LogP contribution is -2.42. The van der Waals surface area contributed by atoms with Crippen LogP contribution in [-0.2, 0) is 4.74 Å². The first-order valence-electron chi connectivity index (χ1n) is 7.79. The van der Waals surface area contributed by atoms with Gasteiger partial charge < -0.3 is 20.7 Å². The molecule has 2 aromatic heterocycles. The number of anilines is 3. The summed E-state index contributed by atoms with van der Waals surface area (Å²) in [5.74, 6) is 1.41. The summed E-state index contributed by atoms with van der Waals surface area (Å²) in [7, 11) is 0. The highest BCUT2D eigenvalue weighted by Gasteiger charge is 2.13. The van der Waals surface area contributed by atoms with Gasteiger partial charge in [-0.2, -0.15) is 0 Å². The molecule has 1 aliphatic rings. The van der Waals surface area contributed by atoms with Gasteiger partial charge in [-0.3, -0.25) is 4.98 Å². The molecule has 0 amide bonds. The quantitative estimate of drug-likeness (QED) is 0.773. The Bertz CT molecular complexity index is 640. The number of hydrogen-bond acceptors (Lipinski definition) is 7. The van der Waals surface area contributed by atoms with E-state index in [2.05, 4.69) is 30.9 Å². The van der Waals surface area contributed by atoms with Gasteiger partial charge in [-0.15, -0.1) is 0 Å². The summed E-state index contributed by atoms with van der Waals surface area (Å²) >= 11 is 0. The molecule has 7 nitrogen and oxygen atoms in total. The number of nitrogens with one attached hydrogen (secondary N) is 3. The van der Waals surface area contributed by atoms with Crippen LogP contribution in [0.4, 0.5) is 17.3 Å². The SMILES string of the molecule is Cc1cnc(Nc2cc(NCC3CNCCO3)c(C)cn2)cn1. The van der Waals surface area contributed by atoms with Gasteiger partial charge in [0.05, 0.1) is 30.8 Å². The van der Waals surface area contributed by atoms with Crippen molar-refractivity contribution in [1.82, 2.24) is 20.3 Å². The van der Waals surface area contributed by atoms with Crippen molar-refractivity contribution in [2.45, 2.75) is 20.0 Å². The minimum atomic E-state index is 0.190. The van der Waals surface area contributed by atoms with Crippen molar-refractivity contribution in [3.8, 4) is 0 Å². The topological polar surface area (TPSA) is 84.0 Å². The van der Waals surface area contributed by atoms with Gasteiger partial charge in [-0.05, 0) is 19.4 Å². The Kier molecular flexibility index (Phi) is 4.99. The van der Waals surface area contributed by atoms with Crippen LogP contribution in [0.15, 0.2) is 24.7 Å². The van der Waals surface area contributed by atoms with Crippen LogP contribution in [0, 0.1) is 13.8 Å². The second kappa shape index (κ2) is 7.34. The number of aryl methyl sites for hydroxylation is 2. The Labute approximate surface area is 135 Å². The lowest BCUT2D eigenvalue weighted by atomic mass is 10.2. The van der Waals surface area contributed by atoms with Crippen molar-refractivity contribution in [3.63, 3.8) is 0 Å². The molecule has 7 heteroatoms. The van der Waals surface area contributed by atoms with Crippen LogP contribution in [0.3, 0.4) is 0 Å². The zero-order valence-electron chi connectivity index (χ0n) is 13.5. The van der Waals surface area contributed by atoms with E-state index in [1.54, 1.807) is 12.4 Å². The molecule has 1 saturated heterocycles. The third kappa shape index (κ3) is 4.37. The average molecular weight is 314 g/mol. The van der Waals surface area contributed by atoms with Crippen LogP contribution in [-0.4, -0.2) is 47.3 Å². The largest absolute Gasteiger partial charge is 0.382 e. The van der Waals surface area contributed by atoms with E-state index in [0.29, 0.717) is 5.82 Å². The summed E-state index contributed by atoms with van der Waals surface area (Å²) in [5.41, 5.74) is 3.02. The highest BCUT2D eigenvalue weighted by Crippen LogP contribution is 2.20. The van der Waals surface area contributed by atoms with Crippen molar-refractivity contribution in [2.24, 2.45) is 0 Å². The van der Waals surface area contributed by atoms with E-state index >= 15 is 0 Å². The monoisotopic (exact) mass is 314 g/mol. The van der Waals surface area contributed by atoms with Gasteiger partial charge in [0.1, 0.15) is 11.6 Å². The molecule has 0 radical (unpaired) electrons. The maximum absolute atomic E-state index is 5.70. The van der Waals surface area contributed by atoms with Crippen LogP contribution >= 0.6 is 0 Å². The zero-order valence-corrected chi connectivity index (χ0v) is 13.5. The molecule has 0 spiro atoms. The summed E-state index contributed by atoms with van der Waals surface area (Å²) in [6.45, 7) is 7.27. The Morgan fingerprint density at radius 1 is 1.17 bits per heavy atom. The zero-order chi connectivity index (χ0) is 16.1. The molecular weight excluding hydrogens is 292 g/mol. The fourth-order valence-electron chi connectivity index (χ4n) is 2.35. The molecule has 122 valence electrons. The number of pyridine rings is 1. The van der Waals surface area contributed by atoms with Crippen LogP contribution < -0.4 is 16.0 Å².